The minimum absolute atomic E-state index is 0.285. The van der Waals surface area contributed by atoms with Crippen LogP contribution < -0.4 is 15.8 Å². The van der Waals surface area contributed by atoms with Gasteiger partial charge in [0.05, 0.1) is 24.6 Å². The molecule has 0 aliphatic carbocycles. The summed E-state index contributed by atoms with van der Waals surface area (Å²) in [4.78, 5) is 16.2. The van der Waals surface area contributed by atoms with Crippen molar-refractivity contribution in [3.05, 3.63) is 47.8 Å². The molecular formula is C14H15N3O2. The van der Waals surface area contributed by atoms with E-state index in [1.54, 1.807) is 37.7 Å². The normalized spacial score (nSPS) is 10.0. The molecule has 1 aromatic carbocycles. The molecule has 0 saturated carbocycles. The fourth-order valence-corrected chi connectivity index (χ4v) is 1.64. The number of aromatic nitrogens is 1. The maximum Gasteiger partial charge on any atom is 0.257 e. The van der Waals surface area contributed by atoms with Crippen LogP contribution in [-0.2, 0) is 0 Å². The number of benzene rings is 1. The molecule has 0 atom stereocenters. The van der Waals surface area contributed by atoms with Crippen LogP contribution in [0.3, 0.4) is 0 Å². The second-order valence-corrected chi connectivity index (χ2v) is 4.10. The Kier molecular flexibility index (Phi) is 3.66. The minimum Gasteiger partial charge on any atom is -0.497 e. The molecule has 5 heteroatoms. The number of hydrogen-bond acceptors (Lipinski definition) is 4. The molecule has 2 rings (SSSR count). The predicted octanol–water partition coefficient (Wildman–Crippen LogP) is 2.23. The molecule has 1 amide bonds. The van der Waals surface area contributed by atoms with Gasteiger partial charge >= 0.3 is 0 Å². The summed E-state index contributed by atoms with van der Waals surface area (Å²) in [5.41, 5.74) is 8.18. The summed E-state index contributed by atoms with van der Waals surface area (Å²) in [5.74, 6) is 0.301. The highest BCUT2D eigenvalue weighted by Crippen LogP contribution is 2.21. The zero-order chi connectivity index (χ0) is 13.8. The number of nitrogen functional groups attached to an aromatic ring is 1. The summed E-state index contributed by atoms with van der Waals surface area (Å²) in [6.45, 7) is 1.90. The second kappa shape index (κ2) is 5.39. The van der Waals surface area contributed by atoms with Gasteiger partial charge in [0.1, 0.15) is 5.75 Å². The third kappa shape index (κ3) is 2.82. The van der Waals surface area contributed by atoms with Gasteiger partial charge in [0.2, 0.25) is 0 Å². The largest absolute Gasteiger partial charge is 0.497 e. The molecule has 0 spiro atoms. The molecule has 98 valence electrons. The highest BCUT2D eigenvalue weighted by atomic mass is 16.5. The van der Waals surface area contributed by atoms with Crippen LogP contribution in [0.1, 0.15) is 15.9 Å². The number of nitrogens with two attached hydrogens (primary N) is 1. The van der Waals surface area contributed by atoms with Gasteiger partial charge in [-0.3, -0.25) is 9.78 Å². The average molecular weight is 257 g/mol. The zero-order valence-electron chi connectivity index (χ0n) is 10.8. The van der Waals surface area contributed by atoms with Crippen LogP contribution in [0, 0.1) is 6.92 Å². The van der Waals surface area contributed by atoms with Crippen molar-refractivity contribution in [2.45, 2.75) is 6.92 Å². The van der Waals surface area contributed by atoms with E-state index in [0.29, 0.717) is 22.7 Å². The van der Waals surface area contributed by atoms with Gasteiger partial charge in [-0.15, -0.1) is 0 Å². The number of carbonyl (C=O) groups excluding carboxylic acids is 1. The van der Waals surface area contributed by atoms with Crippen LogP contribution in [0.25, 0.3) is 0 Å². The number of ether oxygens (including phenoxy) is 1. The van der Waals surface area contributed by atoms with Crippen molar-refractivity contribution in [2.75, 3.05) is 18.2 Å². The number of nitrogens with one attached hydrogen (secondary N) is 1. The Morgan fingerprint density at radius 2 is 2.16 bits per heavy atom. The molecule has 0 saturated heterocycles. The lowest BCUT2D eigenvalue weighted by Crippen LogP contribution is -2.15. The Bertz CT molecular complexity index is 611. The van der Waals surface area contributed by atoms with Gasteiger partial charge in [-0.2, -0.15) is 0 Å². The maximum atomic E-state index is 12.2. The van der Waals surface area contributed by atoms with Crippen molar-refractivity contribution in [2.24, 2.45) is 0 Å². The molecule has 0 aliphatic heterocycles. The van der Waals surface area contributed by atoms with E-state index in [2.05, 4.69) is 10.3 Å². The third-order valence-corrected chi connectivity index (χ3v) is 2.79. The van der Waals surface area contributed by atoms with E-state index in [1.165, 1.54) is 0 Å². The van der Waals surface area contributed by atoms with E-state index in [4.69, 9.17) is 10.5 Å². The lowest BCUT2D eigenvalue weighted by molar-refractivity contribution is 0.102. The smallest absolute Gasteiger partial charge is 0.257 e. The fraction of sp³-hybridized carbons (Fsp3) is 0.143. The lowest BCUT2D eigenvalue weighted by Gasteiger charge is -2.10. The summed E-state index contributed by atoms with van der Waals surface area (Å²) in [5, 5.41) is 2.78. The van der Waals surface area contributed by atoms with Crippen molar-refractivity contribution in [1.82, 2.24) is 4.98 Å². The third-order valence-electron chi connectivity index (χ3n) is 2.79. The molecule has 0 bridgehead atoms. The first-order chi connectivity index (χ1) is 9.11. The van der Waals surface area contributed by atoms with Gasteiger partial charge in [0, 0.05) is 11.9 Å². The van der Waals surface area contributed by atoms with Gasteiger partial charge in [0.25, 0.3) is 5.91 Å². The van der Waals surface area contributed by atoms with Crippen molar-refractivity contribution in [1.29, 1.82) is 0 Å². The second-order valence-electron chi connectivity index (χ2n) is 4.10. The molecule has 19 heavy (non-hydrogen) atoms. The Morgan fingerprint density at radius 3 is 2.84 bits per heavy atom. The number of anilines is 2. The summed E-state index contributed by atoms with van der Waals surface area (Å²) in [7, 11) is 1.54. The molecule has 1 aromatic heterocycles. The number of amides is 1. The van der Waals surface area contributed by atoms with Crippen molar-refractivity contribution >= 4 is 17.3 Å². The van der Waals surface area contributed by atoms with Crippen molar-refractivity contribution in [3.8, 4) is 5.75 Å². The molecular weight excluding hydrogens is 242 g/mol. The van der Waals surface area contributed by atoms with E-state index < -0.39 is 0 Å². The lowest BCUT2D eigenvalue weighted by atomic mass is 10.1. The Labute approximate surface area is 111 Å². The molecule has 5 nitrogen and oxygen atoms in total. The van der Waals surface area contributed by atoms with Crippen molar-refractivity contribution < 1.29 is 9.53 Å². The van der Waals surface area contributed by atoms with Crippen LogP contribution >= 0.6 is 0 Å². The fourth-order valence-electron chi connectivity index (χ4n) is 1.64. The van der Waals surface area contributed by atoms with Gasteiger partial charge in [-0.05, 0) is 36.8 Å². The topological polar surface area (TPSA) is 77.2 Å². The highest BCUT2D eigenvalue weighted by Gasteiger charge is 2.12. The molecule has 0 fully saturated rings. The van der Waals surface area contributed by atoms with Crippen LogP contribution in [0.2, 0.25) is 0 Å². The SMILES string of the molecule is COc1ccc(N)c(C(=O)Nc2cnccc2C)c1. The van der Waals surface area contributed by atoms with Gasteiger partial charge in [-0.25, -0.2) is 0 Å². The average Bonchev–Trinajstić information content (AvgIpc) is 2.42. The van der Waals surface area contributed by atoms with Crippen LogP contribution in [0.5, 0.6) is 5.75 Å². The van der Waals surface area contributed by atoms with E-state index in [9.17, 15) is 4.79 Å². The number of aryl methyl sites for hydroxylation is 1. The summed E-state index contributed by atoms with van der Waals surface area (Å²) < 4.78 is 5.09. The Balaban J connectivity index is 2.28. The number of carbonyl (C=O) groups is 1. The molecule has 2 aromatic rings. The quantitative estimate of drug-likeness (QED) is 0.827. The first kappa shape index (κ1) is 12.9. The predicted molar refractivity (Wildman–Crippen MR) is 74.3 cm³/mol. The first-order valence-electron chi connectivity index (χ1n) is 5.77. The Hall–Kier alpha value is -2.56. The van der Waals surface area contributed by atoms with Gasteiger partial charge < -0.3 is 15.8 Å². The molecule has 0 aliphatic rings. The van der Waals surface area contributed by atoms with Gasteiger partial charge in [-0.1, -0.05) is 0 Å². The summed E-state index contributed by atoms with van der Waals surface area (Å²) in [6.07, 6.45) is 3.27. The molecule has 3 N–H and O–H groups in total. The maximum absolute atomic E-state index is 12.2. The minimum atomic E-state index is -0.285. The van der Waals surface area contributed by atoms with E-state index in [-0.39, 0.29) is 5.91 Å². The number of methoxy groups -OCH3 is 1. The van der Waals surface area contributed by atoms with Gasteiger partial charge in [0.15, 0.2) is 0 Å². The van der Waals surface area contributed by atoms with Crippen LogP contribution in [-0.4, -0.2) is 18.0 Å². The van der Waals surface area contributed by atoms with Crippen molar-refractivity contribution in [3.63, 3.8) is 0 Å². The summed E-state index contributed by atoms with van der Waals surface area (Å²) >= 11 is 0. The zero-order valence-corrected chi connectivity index (χ0v) is 10.8. The number of rotatable bonds is 3. The molecule has 0 unspecified atom stereocenters. The van der Waals surface area contributed by atoms with Crippen LogP contribution in [0.4, 0.5) is 11.4 Å². The number of nitrogens with zero attached hydrogens (tertiary/aromatic N) is 1. The van der Waals surface area contributed by atoms with E-state index >= 15 is 0 Å². The number of pyridine rings is 1. The highest BCUT2D eigenvalue weighted by molar-refractivity contribution is 6.08. The molecule has 1 heterocycles. The first-order valence-corrected chi connectivity index (χ1v) is 5.77. The van der Waals surface area contributed by atoms with E-state index in [0.717, 1.165) is 5.56 Å². The number of hydrogen-bond donors (Lipinski definition) is 2. The van der Waals surface area contributed by atoms with E-state index in [1.807, 2.05) is 13.0 Å². The monoisotopic (exact) mass is 257 g/mol. The van der Waals surface area contributed by atoms with Crippen LogP contribution in [0.15, 0.2) is 36.7 Å². The molecule has 0 radical (unpaired) electrons. The Morgan fingerprint density at radius 1 is 1.37 bits per heavy atom. The summed E-state index contributed by atoms with van der Waals surface area (Å²) in [6, 6.07) is 6.78. The standard InChI is InChI=1S/C14H15N3O2/c1-9-5-6-16-8-13(9)17-14(18)11-7-10(19-2)3-4-12(11)15/h3-8H,15H2,1-2H3,(H,17,18).